The van der Waals surface area contributed by atoms with Crippen LogP contribution in [0.15, 0.2) is 24.3 Å². The quantitative estimate of drug-likeness (QED) is 0.215. The zero-order valence-electron chi connectivity index (χ0n) is 21.9. The predicted octanol–water partition coefficient (Wildman–Crippen LogP) is 6.34. The number of fused-ring (bicyclic) bond motifs is 1. The average Bonchev–Trinajstić information content (AvgIpc) is 2.84. The molecule has 5 nitrogen and oxygen atoms in total. The second-order valence-corrected chi connectivity index (χ2v) is 9.97. The van der Waals surface area contributed by atoms with E-state index in [1.54, 1.807) is 0 Å². The van der Waals surface area contributed by atoms with Gasteiger partial charge in [-0.05, 0) is 86.6 Å². The largest absolute Gasteiger partial charge is 0.493 e. The van der Waals surface area contributed by atoms with Gasteiger partial charge in [-0.25, -0.2) is 0 Å². The van der Waals surface area contributed by atoms with Crippen LogP contribution < -0.4 is 4.74 Å². The first kappa shape index (κ1) is 26.7. The minimum absolute atomic E-state index is 0.0828. The van der Waals surface area contributed by atoms with Crippen LogP contribution in [-0.2, 0) is 27.8 Å². The van der Waals surface area contributed by atoms with Crippen LogP contribution in [0.25, 0.3) is 0 Å². The van der Waals surface area contributed by atoms with Crippen molar-refractivity contribution >= 4 is 5.97 Å². The van der Waals surface area contributed by atoms with Gasteiger partial charge in [0.2, 0.25) is 0 Å². The van der Waals surface area contributed by atoms with Gasteiger partial charge in [0.1, 0.15) is 11.4 Å². The SMILES string of the molecule is CCCCCCc1cc2c(cc1C#Cc1ccc(CCCCC(=O)OCC)nn1)C(C)(C)CCO2. The fraction of sp³-hybridized carbons (Fsp3) is 0.567. The van der Waals surface area contributed by atoms with Gasteiger partial charge in [0.05, 0.1) is 18.9 Å². The van der Waals surface area contributed by atoms with Crippen molar-refractivity contribution in [2.24, 2.45) is 0 Å². The van der Waals surface area contributed by atoms with Gasteiger partial charge in [-0.1, -0.05) is 46.0 Å². The molecule has 0 N–H and O–H groups in total. The first-order valence-corrected chi connectivity index (χ1v) is 13.2. The zero-order valence-corrected chi connectivity index (χ0v) is 21.9. The summed E-state index contributed by atoms with van der Waals surface area (Å²) in [6.45, 7) is 9.83. The smallest absolute Gasteiger partial charge is 0.305 e. The Hall–Kier alpha value is -2.87. The molecule has 0 aliphatic carbocycles. The summed E-state index contributed by atoms with van der Waals surface area (Å²) in [6.07, 6.45) is 9.83. The molecule has 5 heteroatoms. The number of aromatic nitrogens is 2. The Morgan fingerprint density at radius 2 is 1.86 bits per heavy atom. The Balaban J connectivity index is 1.70. The summed E-state index contributed by atoms with van der Waals surface area (Å²) in [5, 5.41) is 8.67. The Morgan fingerprint density at radius 3 is 2.60 bits per heavy atom. The summed E-state index contributed by atoms with van der Waals surface area (Å²) < 4.78 is 11.0. The maximum absolute atomic E-state index is 11.4. The molecule has 0 fully saturated rings. The Labute approximate surface area is 211 Å². The molecule has 0 saturated heterocycles. The van der Waals surface area contributed by atoms with Crippen LogP contribution in [0.4, 0.5) is 0 Å². The van der Waals surface area contributed by atoms with Gasteiger partial charge in [-0.15, -0.1) is 5.10 Å². The Kier molecular flexibility index (Phi) is 10.1. The van der Waals surface area contributed by atoms with Crippen LogP contribution in [0, 0.1) is 11.8 Å². The van der Waals surface area contributed by atoms with E-state index in [1.807, 2.05) is 19.1 Å². The molecular weight excluding hydrogens is 436 g/mol. The van der Waals surface area contributed by atoms with Gasteiger partial charge in [0, 0.05) is 17.5 Å². The summed E-state index contributed by atoms with van der Waals surface area (Å²) in [5.41, 5.74) is 5.25. The Morgan fingerprint density at radius 1 is 1.03 bits per heavy atom. The topological polar surface area (TPSA) is 61.3 Å². The highest BCUT2D eigenvalue weighted by molar-refractivity contribution is 5.69. The fourth-order valence-electron chi connectivity index (χ4n) is 4.39. The summed E-state index contributed by atoms with van der Waals surface area (Å²) in [6, 6.07) is 8.38. The molecule has 188 valence electrons. The number of ether oxygens (including phenoxy) is 2. The van der Waals surface area contributed by atoms with Gasteiger partial charge in [0.15, 0.2) is 0 Å². The van der Waals surface area contributed by atoms with E-state index in [-0.39, 0.29) is 11.4 Å². The number of unbranched alkanes of at least 4 members (excludes halogenated alkanes) is 4. The van der Waals surface area contributed by atoms with Crippen LogP contribution in [0.3, 0.4) is 0 Å². The van der Waals surface area contributed by atoms with Crippen molar-refractivity contribution < 1.29 is 14.3 Å². The zero-order chi connectivity index (χ0) is 25.1. The number of nitrogens with zero attached hydrogens (tertiary/aromatic N) is 2. The van der Waals surface area contributed by atoms with Gasteiger partial charge in [-0.3, -0.25) is 4.79 Å². The third-order valence-corrected chi connectivity index (χ3v) is 6.63. The van der Waals surface area contributed by atoms with Gasteiger partial charge in [-0.2, -0.15) is 5.10 Å². The first-order valence-electron chi connectivity index (χ1n) is 13.2. The molecule has 3 rings (SSSR count). The van der Waals surface area contributed by atoms with Gasteiger partial charge < -0.3 is 9.47 Å². The van der Waals surface area contributed by atoms with Crippen molar-refractivity contribution in [3.63, 3.8) is 0 Å². The molecule has 0 unspecified atom stereocenters. The molecule has 1 aromatic carbocycles. The number of hydrogen-bond donors (Lipinski definition) is 0. The van der Waals surface area contributed by atoms with Crippen molar-refractivity contribution in [1.29, 1.82) is 0 Å². The standard InChI is InChI=1S/C30H40N2O3/c1-5-7-8-9-12-23-22-28-27(30(3,4)19-20-35-28)21-24(23)15-16-26-18-17-25(31-32-26)13-10-11-14-29(33)34-6-2/h17-18,21-22H,5-14,19-20H2,1-4H3. The van der Waals surface area contributed by atoms with E-state index >= 15 is 0 Å². The number of aryl methyl sites for hydroxylation is 2. The van der Waals surface area contributed by atoms with Crippen LogP contribution in [-0.4, -0.2) is 29.4 Å². The lowest BCUT2D eigenvalue weighted by Gasteiger charge is -2.33. The number of benzene rings is 1. The molecular formula is C30H40N2O3. The monoisotopic (exact) mass is 476 g/mol. The van der Waals surface area contributed by atoms with Gasteiger partial charge in [0.25, 0.3) is 0 Å². The molecule has 1 aliphatic heterocycles. The van der Waals surface area contributed by atoms with E-state index in [9.17, 15) is 4.79 Å². The van der Waals surface area contributed by atoms with E-state index < -0.39 is 0 Å². The van der Waals surface area contributed by atoms with Crippen LogP contribution in [0.2, 0.25) is 0 Å². The average molecular weight is 477 g/mol. The predicted molar refractivity (Wildman–Crippen MR) is 140 cm³/mol. The molecule has 1 aliphatic rings. The normalized spacial score (nSPS) is 13.8. The summed E-state index contributed by atoms with van der Waals surface area (Å²) in [5.74, 6) is 7.51. The molecule has 35 heavy (non-hydrogen) atoms. The number of carbonyl (C=O) groups excluding carboxylic acids is 1. The number of rotatable bonds is 11. The second kappa shape index (κ2) is 13.3. The molecule has 0 atom stereocenters. The summed E-state index contributed by atoms with van der Waals surface area (Å²) >= 11 is 0. The molecule has 2 heterocycles. The molecule has 0 amide bonds. The second-order valence-electron chi connectivity index (χ2n) is 9.97. The van der Waals surface area contributed by atoms with Crippen molar-refractivity contribution in [2.45, 2.75) is 97.3 Å². The first-order chi connectivity index (χ1) is 16.9. The van der Waals surface area contributed by atoms with Crippen molar-refractivity contribution in [2.75, 3.05) is 13.2 Å². The maximum atomic E-state index is 11.4. The number of carbonyl (C=O) groups is 1. The fourth-order valence-corrected chi connectivity index (χ4v) is 4.39. The minimum Gasteiger partial charge on any atom is -0.493 e. The van der Waals surface area contributed by atoms with Crippen LogP contribution in [0.1, 0.15) is 107 Å². The molecule has 0 saturated carbocycles. The van der Waals surface area contributed by atoms with E-state index in [0.717, 1.165) is 62.1 Å². The molecule has 0 spiro atoms. The third kappa shape index (κ3) is 8.09. The van der Waals surface area contributed by atoms with Gasteiger partial charge >= 0.3 is 5.97 Å². The van der Waals surface area contributed by atoms with E-state index in [2.05, 4.69) is 54.9 Å². The lowest BCUT2D eigenvalue weighted by Crippen LogP contribution is -2.27. The van der Waals surface area contributed by atoms with Crippen LogP contribution >= 0.6 is 0 Å². The van der Waals surface area contributed by atoms with Crippen molar-refractivity contribution in [3.8, 4) is 17.6 Å². The highest BCUT2D eigenvalue weighted by Crippen LogP contribution is 2.40. The van der Waals surface area contributed by atoms with Crippen molar-refractivity contribution in [3.05, 3.63) is 52.3 Å². The van der Waals surface area contributed by atoms with E-state index in [4.69, 9.17) is 9.47 Å². The third-order valence-electron chi connectivity index (χ3n) is 6.63. The number of hydrogen-bond acceptors (Lipinski definition) is 5. The lowest BCUT2D eigenvalue weighted by molar-refractivity contribution is -0.143. The number of esters is 1. The Bertz CT molecular complexity index is 1030. The molecule has 1 aromatic heterocycles. The van der Waals surface area contributed by atoms with Crippen molar-refractivity contribution in [1.82, 2.24) is 10.2 Å². The lowest BCUT2D eigenvalue weighted by atomic mass is 9.78. The van der Waals surface area contributed by atoms with E-state index in [0.29, 0.717) is 18.7 Å². The minimum atomic E-state index is -0.133. The molecule has 0 radical (unpaired) electrons. The highest BCUT2D eigenvalue weighted by Gasteiger charge is 2.29. The molecule has 0 bridgehead atoms. The summed E-state index contributed by atoms with van der Waals surface area (Å²) in [4.78, 5) is 11.4. The van der Waals surface area contributed by atoms with E-state index in [1.165, 1.54) is 30.4 Å². The highest BCUT2D eigenvalue weighted by atomic mass is 16.5. The molecule has 2 aromatic rings. The van der Waals surface area contributed by atoms with Crippen LogP contribution in [0.5, 0.6) is 5.75 Å². The maximum Gasteiger partial charge on any atom is 0.305 e. The summed E-state index contributed by atoms with van der Waals surface area (Å²) in [7, 11) is 0.